The van der Waals surface area contributed by atoms with E-state index in [1.54, 1.807) is 11.3 Å². The predicted octanol–water partition coefficient (Wildman–Crippen LogP) is 2.20. The first-order valence-electron chi connectivity index (χ1n) is 5.41. The Morgan fingerprint density at radius 2 is 2.40 bits per heavy atom. The van der Waals surface area contributed by atoms with Crippen molar-refractivity contribution >= 4 is 11.3 Å². The number of aryl methyl sites for hydroxylation is 1. The highest BCUT2D eigenvalue weighted by Gasteiger charge is 2.35. The van der Waals surface area contributed by atoms with Crippen LogP contribution in [0.2, 0.25) is 0 Å². The highest BCUT2D eigenvalue weighted by atomic mass is 32.1. The zero-order valence-electron chi connectivity index (χ0n) is 9.59. The van der Waals surface area contributed by atoms with Crippen molar-refractivity contribution in [3.63, 3.8) is 0 Å². The molecular formula is C11H18N2OS. The van der Waals surface area contributed by atoms with Gasteiger partial charge in [0.15, 0.2) is 0 Å². The molecule has 1 N–H and O–H groups in total. The van der Waals surface area contributed by atoms with Crippen LogP contribution in [0.1, 0.15) is 35.3 Å². The zero-order valence-corrected chi connectivity index (χ0v) is 10.4. The maximum Gasteiger partial charge on any atom is 0.125 e. The lowest BCUT2D eigenvalue weighted by Gasteiger charge is -2.19. The van der Waals surface area contributed by atoms with Gasteiger partial charge in [-0.1, -0.05) is 0 Å². The molecule has 15 heavy (non-hydrogen) atoms. The van der Waals surface area contributed by atoms with E-state index in [1.165, 1.54) is 4.88 Å². The molecule has 2 rings (SSSR count). The third-order valence-electron chi connectivity index (χ3n) is 2.90. The number of hydrogen-bond acceptors (Lipinski definition) is 4. The molecule has 1 saturated heterocycles. The molecule has 84 valence electrons. The molecule has 0 saturated carbocycles. The minimum Gasteiger partial charge on any atom is -0.368 e. The normalized spacial score (nSPS) is 26.1. The summed E-state index contributed by atoms with van der Waals surface area (Å²) in [5, 5.41) is 4.31. The molecule has 1 unspecified atom stereocenters. The topological polar surface area (TPSA) is 34.1 Å². The second-order valence-corrected chi connectivity index (χ2v) is 5.32. The van der Waals surface area contributed by atoms with Gasteiger partial charge < -0.3 is 10.1 Å². The van der Waals surface area contributed by atoms with Gasteiger partial charge in [-0.15, -0.1) is 11.3 Å². The fourth-order valence-corrected chi connectivity index (χ4v) is 3.13. The summed E-state index contributed by atoms with van der Waals surface area (Å²) < 4.78 is 5.80. The van der Waals surface area contributed by atoms with Crippen molar-refractivity contribution in [1.29, 1.82) is 0 Å². The first-order chi connectivity index (χ1) is 7.15. The van der Waals surface area contributed by atoms with Gasteiger partial charge in [-0.25, -0.2) is 4.98 Å². The number of thiazole rings is 1. The van der Waals surface area contributed by atoms with Crippen LogP contribution in [0, 0.1) is 6.92 Å². The van der Waals surface area contributed by atoms with Crippen molar-refractivity contribution < 1.29 is 4.74 Å². The number of rotatable bonds is 3. The van der Waals surface area contributed by atoms with Crippen LogP contribution in [0.3, 0.4) is 0 Å². The number of nitrogens with one attached hydrogen (secondary N) is 1. The summed E-state index contributed by atoms with van der Waals surface area (Å²) in [5.41, 5.74) is 1.02. The third-order valence-corrected chi connectivity index (χ3v) is 4.30. The Morgan fingerprint density at radius 3 is 3.00 bits per heavy atom. The van der Waals surface area contributed by atoms with Crippen LogP contribution in [-0.4, -0.2) is 18.6 Å². The molecule has 1 aromatic heterocycles. The van der Waals surface area contributed by atoms with E-state index in [9.17, 15) is 0 Å². The largest absolute Gasteiger partial charge is 0.368 e. The Morgan fingerprint density at radius 1 is 1.60 bits per heavy atom. The highest BCUT2D eigenvalue weighted by Crippen LogP contribution is 2.38. The molecule has 4 heteroatoms. The smallest absolute Gasteiger partial charge is 0.125 e. The second kappa shape index (κ2) is 4.20. The number of aromatic nitrogens is 1. The molecule has 0 amide bonds. The van der Waals surface area contributed by atoms with E-state index < -0.39 is 0 Å². The Bertz CT molecular complexity index is 342. The molecule has 0 aromatic carbocycles. The summed E-state index contributed by atoms with van der Waals surface area (Å²) in [4.78, 5) is 5.96. The van der Waals surface area contributed by atoms with Gasteiger partial charge in [0.05, 0.1) is 5.69 Å². The molecule has 0 bridgehead atoms. The highest BCUT2D eigenvalue weighted by molar-refractivity contribution is 7.11. The van der Waals surface area contributed by atoms with Crippen LogP contribution in [0.5, 0.6) is 0 Å². The molecule has 3 nitrogen and oxygen atoms in total. The fourth-order valence-electron chi connectivity index (χ4n) is 1.93. The Balaban J connectivity index is 2.25. The molecule has 0 radical (unpaired) electrons. The van der Waals surface area contributed by atoms with Gasteiger partial charge in [-0.05, 0) is 33.7 Å². The van der Waals surface area contributed by atoms with E-state index >= 15 is 0 Å². The fraction of sp³-hybridized carbons (Fsp3) is 0.727. The number of ether oxygens (including phenoxy) is 1. The molecule has 1 aromatic rings. The summed E-state index contributed by atoms with van der Waals surface area (Å²) in [6.07, 6.45) is 2.25. The quantitative estimate of drug-likeness (QED) is 0.858. The number of nitrogens with zero attached hydrogens (tertiary/aromatic N) is 1. The molecule has 1 atom stereocenters. The first kappa shape index (κ1) is 11.0. The maximum absolute atomic E-state index is 5.80. The minimum atomic E-state index is -0.124. The average molecular weight is 226 g/mol. The van der Waals surface area contributed by atoms with Crippen LogP contribution in [0.25, 0.3) is 0 Å². The van der Waals surface area contributed by atoms with Crippen LogP contribution in [0.4, 0.5) is 0 Å². The maximum atomic E-state index is 5.80. The Hall–Kier alpha value is -0.450. The zero-order chi connectivity index (χ0) is 10.9. The standard InChI is InChI=1S/C11H18N2OS/c1-8-9(7-12-3)15-10(13-8)11(2)5-4-6-14-11/h12H,4-7H2,1-3H3. The second-order valence-electron chi connectivity index (χ2n) is 4.24. The van der Waals surface area contributed by atoms with Gasteiger partial charge >= 0.3 is 0 Å². The predicted molar refractivity (Wildman–Crippen MR) is 62.2 cm³/mol. The van der Waals surface area contributed by atoms with Crippen molar-refractivity contribution in [3.05, 3.63) is 15.6 Å². The summed E-state index contributed by atoms with van der Waals surface area (Å²) in [6.45, 7) is 6.00. The van der Waals surface area contributed by atoms with Crippen LogP contribution in [0.15, 0.2) is 0 Å². The van der Waals surface area contributed by atoms with E-state index in [4.69, 9.17) is 4.74 Å². The van der Waals surface area contributed by atoms with E-state index in [0.29, 0.717) is 0 Å². The summed E-state index contributed by atoms with van der Waals surface area (Å²) >= 11 is 1.78. The lowest BCUT2D eigenvalue weighted by molar-refractivity contribution is 0.0166. The van der Waals surface area contributed by atoms with Crippen molar-refractivity contribution in [3.8, 4) is 0 Å². The van der Waals surface area contributed by atoms with Crippen LogP contribution in [-0.2, 0) is 16.9 Å². The van der Waals surface area contributed by atoms with Crippen LogP contribution >= 0.6 is 11.3 Å². The van der Waals surface area contributed by atoms with E-state index in [1.807, 2.05) is 7.05 Å². The SMILES string of the molecule is CNCc1sc(C2(C)CCCO2)nc1C. The molecule has 0 spiro atoms. The van der Waals surface area contributed by atoms with Gasteiger partial charge in [-0.3, -0.25) is 0 Å². The van der Waals surface area contributed by atoms with Crippen LogP contribution < -0.4 is 5.32 Å². The molecule has 1 aliphatic rings. The van der Waals surface area contributed by atoms with Gasteiger partial charge in [-0.2, -0.15) is 0 Å². The molecular weight excluding hydrogens is 208 g/mol. The monoisotopic (exact) mass is 226 g/mol. The van der Waals surface area contributed by atoms with Crippen molar-refractivity contribution in [2.75, 3.05) is 13.7 Å². The van der Waals surface area contributed by atoms with Gasteiger partial charge in [0, 0.05) is 18.0 Å². The molecule has 1 fully saturated rings. The summed E-state index contributed by atoms with van der Waals surface area (Å²) in [6, 6.07) is 0. The average Bonchev–Trinajstić information content (AvgIpc) is 2.76. The lowest BCUT2D eigenvalue weighted by Crippen LogP contribution is -2.19. The molecule has 0 aliphatic carbocycles. The molecule has 2 heterocycles. The summed E-state index contributed by atoms with van der Waals surface area (Å²) in [7, 11) is 1.96. The van der Waals surface area contributed by atoms with E-state index in [2.05, 4.69) is 24.1 Å². The van der Waals surface area contributed by atoms with Gasteiger partial charge in [0.2, 0.25) is 0 Å². The Kier molecular flexibility index (Phi) is 3.09. The van der Waals surface area contributed by atoms with Gasteiger partial charge in [0.1, 0.15) is 10.6 Å². The third kappa shape index (κ3) is 2.07. The number of hydrogen-bond donors (Lipinski definition) is 1. The van der Waals surface area contributed by atoms with Crippen molar-refractivity contribution in [2.24, 2.45) is 0 Å². The lowest BCUT2D eigenvalue weighted by atomic mass is 10.0. The van der Waals surface area contributed by atoms with E-state index in [0.717, 1.165) is 36.7 Å². The van der Waals surface area contributed by atoms with E-state index in [-0.39, 0.29) is 5.60 Å². The summed E-state index contributed by atoms with van der Waals surface area (Å²) in [5.74, 6) is 0. The first-order valence-corrected chi connectivity index (χ1v) is 6.23. The minimum absolute atomic E-state index is 0.124. The Labute approximate surface area is 94.9 Å². The van der Waals surface area contributed by atoms with Crippen molar-refractivity contribution in [1.82, 2.24) is 10.3 Å². The van der Waals surface area contributed by atoms with Crippen molar-refractivity contribution in [2.45, 2.75) is 38.8 Å². The molecule has 1 aliphatic heterocycles. The van der Waals surface area contributed by atoms with Gasteiger partial charge in [0.25, 0.3) is 0 Å².